The molecular formula is C24H46N2O2. The van der Waals surface area contributed by atoms with Crippen LogP contribution in [-0.2, 0) is 9.59 Å². The van der Waals surface area contributed by atoms with Gasteiger partial charge in [-0.2, -0.15) is 0 Å². The first-order chi connectivity index (χ1) is 13.7. The number of hydrogen-bond donors (Lipinski definition) is 1. The number of rotatable bonds is 19. The molecule has 0 bridgehead atoms. The molecule has 0 saturated carbocycles. The zero-order chi connectivity index (χ0) is 20.5. The lowest BCUT2D eigenvalue weighted by Crippen LogP contribution is -2.39. The average Bonchev–Trinajstić information content (AvgIpc) is 2.96. The summed E-state index contributed by atoms with van der Waals surface area (Å²) in [7, 11) is 0. The van der Waals surface area contributed by atoms with Gasteiger partial charge in [-0.15, -0.1) is 0 Å². The topological polar surface area (TPSA) is 49.4 Å². The molecule has 1 aliphatic rings. The van der Waals surface area contributed by atoms with E-state index in [9.17, 15) is 9.59 Å². The monoisotopic (exact) mass is 394 g/mol. The highest BCUT2D eigenvalue weighted by atomic mass is 16.2. The van der Waals surface area contributed by atoms with Crippen molar-refractivity contribution < 1.29 is 9.59 Å². The van der Waals surface area contributed by atoms with Gasteiger partial charge in [0.15, 0.2) is 0 Å². The predicted molar refractivity (Wildman–Crippen MR) is 118 cm³/mol. The van der Waals surface area contributed by atoms with Gasteiger partial charge in [0.05, 0.1) is 12.5 Å². The van der Waals surface area contributed by atoms with Crippen LogP contribution in [0.1, 0.15) is 123 Å². The third-order valence-electron chi connectivity index (χ3n) is 5.90. The Kier molecular flexibility index (Phi) is 15.3. The summed E-state index contributed by atoms with van der Waals surface area (Å²) >= 11 is 0. The summed E-state index contributed by atoms with van der Waals surface area (Å²) in [6.07, 6.45) is 20.5. The normalized spacial score (nSPS) is 17.1. The molecule has 4 heteroatoms. The molecule has 0 radical (unpaired) electrons. The van der Waals surface area contributed by atoms with Crippen molar-refractivity contribution in [2.75, 3.05) is 13.1 Å². The van der Waals surface area contributed by atoms with Crippen LogP contribution in [0.2, 0.25) is 0 Å². The van der Waals surface area contributed by atoms with Crippen molar-refractivity contribution in [2.45, 2.75) is 129 Å². The van der Waals surface area contributed by atoms with Crippen molar-refractivity contribution in [1.82, 2.24) is 10.2 Å². The van der Waals surface area contributed by atoms with E-state index in [0.717, 1.165) is 25.8 Å². The second-order valence-electron chi connectivity index (χ2n) is 8.54. The van der Waals surface area contributed by atoms with Crippen molar-refractivity contribution in [3.63, 3.8) is 0 Å². The molecule has 164 valence electrons. The fraction of sp³-hybridized carbons (Fsp3) is 0.917. The van der Waals surface area contributed by atoms with E-state index in [2.05, 4.69) is 19.2 Å². The third kappa shape index (κ3) is 11.2. The first-order valence-corrected chi connectivity index (χ1v) is 12.3. The lowest BCUT2D eigenvalue weighted by atomic mass is 10.1. The van der Waals surface area contributed by atoms with E-state index >= 15 is 0 Å². The smallest absolute Gasteiger partial charge is 0.246 e. The van der Waals surface area contributed by atoms with Crippen LogP contribution in [0.15, 0.2) is 0 Å². The van der Waals surface area contributed by atoms with E-state index in [4.69, 9.17) is 0 Å². The number of likely N-dealkylation sites (tertiary alicyclic amines) is 1. The fourth-order valence-electron chi connectivity index (χ4n) is 4.02. The molecule has 4 nitrogen and oxygen atoms in total. The standard InChI is InChI=1S/C24H46N2O2/c1-3-5-7-9-11-13-15-17-19-25-22-21-23(27)26(24(22)28)20-18-16-14-12-10-8-6-4-2/h22,25H,3-21H2,1-2H3. The first kappa shape index (κ1) is 25.1. The summed E-state index contributed by atoms with van der Waals surface area (Å²) in [6.45, 7) is 5.95. The molecule has 1 unspecified atom stereocenters. The van der Waals surface area contributed by atoms with Crippen molar-refractivity contribution >= 4 is 11.8 Å². The van der Waals surface area contributed by atoms with Crippen LogP contribution in [0.4, 0.5) is 0 Å². The Balaban J connectivity index is 2.03. The van der Waals surface area contributed by atoms with Gasteiger partial charge in [0.1, 0.15) is 0 Å². The second kappa shape index (κ2) is 17.0. The minimum absolute atomic E-state index is 0.00696. The van der Waals surface area contributed by atoms with Crippen molar-refractivity contribution in [3.8, 4) is 0 Å². The molecule has 1 fully saturated rings. The van der Waals surface area contributed by atoms with Crippen LogP contribution < -0.4 is 5.32 Å². The van der Waals surface area contributed by atoms with Gasteiger partial charge in [-0.3, -0.25) is 14.5 Å². The number of amides is 2. The van der Waals surface area contributed by atoms with Crippen LogP contribution in [0.3, 0.4) is 0 Å². The molecule has 0 aromatic heterocycles. The van der Waals surface area contributed by atoms with Crippen LogP contribution in [0.25, 0.3) is 0 Å². The highest BCUT2D eigenvalue weighted by Crippen LogP contribution is 2.16. The minimum Gasteiger partial charge on any atom is -0.305 e. The molecule has 0 spiro atoms. The number of hydrogen-bond acceptors (Lipinski definition) is 3. The van der Waals surface area contributed by atoms with E-state index in [1.54, 1.807) is 0 Å². The highest BCUT2D eigenvalue weighted by molar-refractivity contribution is 6.05. The molecule has 1 aliphatic heterocycles. The zero-order valence-corrected chi connectivity index (χ0v) is 18.8. The molecule has 0 aromatic rings. The third-order valence-corrected chi connectivity index (χ3v) is 5.90. The zero-order valence-electron chi connectivity index (χ0n) is 18.8. The molecule has 1 heterocycles. The Morgan fingerprint density at radius 3 is 1.71 bits per heavy atom. The van der Waals surface area contributed by atoms with E-state index in [1.165, 1.54) is 88.4 Å². The van der Waals surface area contributed by atoms with Gasteiger partial charge < -0.3 is 5.32 Å². The number of unbranched alkanes of at least 4 members (excludes halogenated alkanes) is 14. The summed E-state index contributed by atoms with van der Waals surface area (Å²) in [5.41, 5.74) is 0. The molecule has 28 heavy (non-hydrogen) atoms. The van der Waals surface area contributed by atoms with Gasteiger partial charge in [-0.25, -0.2) is 0 Å². The Labute approximate surface area is 174 Å². The Bertz CT molecular complexity index is 411. The van der Waals surface area contributed by atoms with Crippen LogP contribution in [0.5, 0.6) is 0 Å². The van der Waals surface area contributed by atoms with Crippen LogP contribution >= 0.6 is 0 Å². The second-order valence-corrected chi connectivity index (χ2v) is 8.54. The Morgan fingerprint density at radius 2 is 1.18 bits per heavy atom. The number of imide groups is 1. The molecular weight excluding hydrogens is 348 g/mol. The van der Waals surface area contributed by atoms with Gasteiger partial charge in [0.25, 0.3) is 0 Å². The number of nitrogens with zero attached hydrogens (tertiary/aromatic N) is 1. The lowest BCUT2D eigenvalue weighted by Gasteiger charge is -2.15. The summed E-state index contributed by atoms with van der Waals surface area (Å²) in [4.78, 5) is 26.1. The molecule has 1 atom stereocenters. The molecule has 0 aliphatic carbocycles. The number of carbonyl (C=O) groups excluding carboxylic acids is 2. The average molecular weight is 395 g/mol. The Hall–Kier alpha value is -0.900. The van der Waals surface area contributed by atoms with E-state index in [0.29, 0.717) is 13.0 Å². The largest absolute Gasteiger partial charge is 0.305 e. The maximum Gasteiger partial charge on any atom is 0.246 e. The van der Waals surface area contributed by atoms with Gasteiger partial charge in [-0.1, -0.05) is 104 Å². The maximum atomic E-state index is 12.5. The molecule has 1 rings (SSSR count). The fourth-order valence-corrected chi connectivity index (χ4v) is 4.02. The molecule has 0 aromatic carbocycles. The van der Waals surface area contributed by atoms with Gasteiger partial charge in [0, 0.05) is 6.54 Å². The van der Waals surface area contributed by atoms with Crippen molar-refractivity contribution in [3.05, 3.63) is 0 Å². The van der Waals surface area contributed by atoms with Gasteiger partial charge >= 0.3 is 0 Å². The van der Waals surface area contributed by atoms with Gasteiger partial charge in [0.2, 0.25) is 11.8 Å². The Morgan fingerprint density at radius 1 is 0.714 bits per heavy atom. The van der Waals surface area contributed by atoms with E-state index < -0.39 is 0 Å². The molecule has 1 N–H and O–H groups in total. The summed E-state index contributed by atoms with van der Waals surface area (Å²) < 4.78 is 0. The quantitative estimate of drug-likeness (QED) is 0.216. The summed E-state index contributed by atoms with van der Waals surface area (Å²) in [6, 6.07) is -0.272. The maximum absolute atomic E-state index is 12.5. The summed E-state index contributed by atoms with van der Waals surface area (Å²) in [5, 5.41) is 3.32. The van der Waals surface area contributed by atoms with Crippen molar-refractivity contribution in [1.29, 1.82) is 0 Å². The summed E-state index contributed by atoms with van der Waals surface area (Å²) in [5.74, 6) is 0.0221. The van der Waals surface area contributed by atoms with E-state index in [-0.39, 0.29) is 17.9 Å². The first-order valence-electron chi connectivity index (χ1n) is 12.3. The van der Waals surface area contributed by atoms with E-state index in [1.807, 2.05) is 0 Å². The predicted octanol–water partition coefficient (Wildman–Crippen LogP) is 5.98. The van der Waals surface area contributed by atoms with Crippen LogP contribution in [0, 0.1) is 0 Å². The van der Waals surface area contributed by atoms with Crippen LogP contribution in [-0.4, -0.2) is 35.8 Å². The SMILES string of the molecule is CCCCCCCCCCNC1CC(=O)N(CCCCCCCCCC)C1=O. The molecule has 1 saturated heterocycles. The van der Waals surface area contributed by atoms with Gasteiger partial charge in [-0.05, 0) is 19.4 Å². The minimum atomic E-state index is -0.272. The number of carbonyl (C=O) groups is 2. The van der Waals surface area contributed by atoms with Crippen molar-refractivity contribution in [2.24, 2.45) is 0 Å². The molecule has 2 amide bonds. The highest BCUT2D eigenvalue weighted by Gasteiger charge is 2.37. The number of nitrogens with one attached hydrogen (secondary N) is 1. The lowest BCUT2D eigenvalue weighted by molar-refractivity contribution is -0.138.